The second kappa shape index (κ2) is 17.8. The average molecular weight is 726 g/mol. The molecule has 5 aromatic carbocycles. The van der Waals surface area contributed by atoms with Crippen LogP contribution in [-0.2, 0) is 37.3 Å². The highest BCUT2D eigenvalue weighted by Gasteiger charge is 2.28. The van der Waals surface area contributed by atoms with Crippen molar-refractivity contribution in [2.24, 2.45) is 0 Å². The topological polar surface area (TPSA) is 86.1 Å². The van der Waals surface area contributed by atoms with E-state index in [2.05, 4.69) is 27.5 Å². The summed E-state index contributed by atoms with van der Waals surface area (Å²) < 4.78 is 39.0. The highest BCUT2D eigenvalue weighted by Crippen LogP contribution is 2.43. The lowest BCUT2D eigenvalue weighted by molar-refractivity contribution is 0.0342. The summed E-state index contributed by atoms with van der Waals surface area (Å²) in [5.74, 6) is 0.945. The number of rotatable bonds is 15. The van der Waals surface area contributed by atoms with Crippen LogP contribution in [0.1, 0.15) is 45.2 Å². The average Bonchev–Trinajstić information content (AvgIpc) is 3.65. The van der Waals surface area contributed by atoms with Gasteiger partial charge in [-0.15, -0.1) is 0 Å². The molecular weight excluding hydrogens is 682 g/mol. The third-order valence-corrected chi connectivity index (χ3v) is 9.45. The molecule has 0 saturated carbocycles. The summed E-state index contributed by atoms with van der Waals surface area (Å²) >= 11 is 0. The van der Waals surface area contributed by atoms with Crippen LogP contribution < -0.4 is 14.8 Å². The van der Waals surface area contributed by atoms with E-state index in [0.717, 1.165) is 66.2 Å². The van der Waals surface area contributed by atoms with Gasteiger partial charge >= 0.3 is 0 Å². The Labute approximate surface area is 315 Å². The summed E-state index contributed by atoms with van der Waals surface area (Å²) in [6.45, 7) is 6.97. The van der Waals surface area contributed by atoms with Gasteiger partial charge in [-0.05, 0) is 71.3 Å². The lowest BCUT2D eigenvalue weighted by atomic mass is 9.94. The van der Waals surface area contributed by atoms with Gasteiger partial charge in [0.25, 0.3) is 5.91 Å². The van der Waals surface area contributed by atoms with Crippen molar-refractivity contribution in [3.8, 4) is 33.9 Å². The van der Waals surface area contributed by atoms with E-state index < -0.39 is 0 Å². The number of carbonyl (C=O) groups excluding carboxylic acids is 1. The van der Waals surface area contributed by atoms with Crippen molar-refractivity contribution in [2.45, 2.75) is 39.5 Å². The van der Waals surface area contributed by atoms with Crippen molar-refractivity contribution in [1.82, 2.24) is 15.4 Å². The highest BCUT2D eigenvalue weighted by molar-refractivity contribution is 6.02. The Morgan fingerprint density at radius 1 is 0.759 bits per heavy atom. The zero-order valence-electron chi connectivity index (χ0n) is 30.4. The van der Waals surface area contributed by atoms with Crippen LogP contribution in [0.3, 0.4) is 0 Å². The first-order valence-electron chi connectivity index (χ1n) is 18.5. The summed E-state index contributed by atoms with van der Waals surface area (Å²) in [6.07, 6.45) is 1.11. The van der Waals surface area contributed by atoms with Crippen LogP contribution in [0.15, 0.2) is 126 Å². The van der Waals surface area contributed by atoms with Crippen LogP contribution in [0.2, 0.25) is 0 Å². The van der Waals surface area contributed by atoms with Crippen LogP contribution in [0.5, 0.6) is 11.5 Å². The molecule has 7 rings (SSSR count). The van der Waals surface area contributed by atoms with E-state index in [1.807, 2.05) is 97.9 Å². The summed E-state index contributed by atoms with van der Waals surface area (Å²) in [6, 6.07) is 38.6. The molecule has 0 unspecified atom stereocenters. The number of carbonyl (C=O) groups is 1. The van der Waals surface area contributed by atoms with Crippen molar-refractivity contribution >= 4 is 5.91 Å². The number of aryl methyl sites for hydroxylation is 2. The maximum atomic E-state index is 14.2. The molecule has 54 heavy (non-hydrogen) atoms. The third-order valence-electron chi connectivity index (χ3n) is 9.45. The molecule has 6 aromatic rings. The lowest BCUT2D eigenvalue weighted by Gasteiger charge is -2.26. The minimum absolute atomic E-state index is 0.188. The molecule has 1 N–H and O–H groups in total. The number of ether oxygens (including phenoxy) is 3. The molecule has 1 fully saturated rings. The lowest BCUT2D eigenvalue weighted by Crippen LogP contribution is -2.35. The van der Waals surface area contributed by atoms with Gasteiger partial charge in [0.1, 0.15) is 30.5 Å². The Bertz CT molecular complexity index is 2130. The fourth-order valence-electron chi connectivity index (χ4n) is 6.61. The molecule has 0 radical (unpaired) electrons. The first-order valence-corrected chi connectivity index (χ1v) is 18.5. The van der Waals surface area contributed by atoms with Gasteiger partial charge < -0.3 is 24.1 Å². The number of aromatic nitrogens is 1. The molecule has 1 saturated heterocycles. The van der Waals surface area contributed by atoms with E-state index in [1.54, 1.807) is 12.1 Å². The fourth-order valence-corrected chi connectivity index (χ4v) is 6.61. The van der Waals surface area contributed by atoms with Gasteiger partial charge in [0, 0.05) is 32.2 Å². The van der Waals surface area contributed by atoms with E-state index in [-0.39, 0.29) is 24.0 Å². The number of benzene rings is 5. The summed E-state index contributed by atoms with van der Waals surface area (Å²) in [4.78, 5) is 15.9. The van der Waals surface area contributed by atoms with Crippen LogP contribution in [0, 0.1) is 5.82 Å². The third kappa shape index (κ3) is 9.23. The number of halogens is 1. The van der Waals surface area contributed by atoms with Gasteiger partial charge in [0.15, 0.2) is 11.5 Å². The zero-order valence-corrected chi connectivity index (χ0v) is 30.4. The van der Waals surface area contributed by atoms with E-state index >= 15 is 0 Å². The van der Waals surface area contributed by atoms with Crippen LogP contribution in [-0.4, -0.2) is 48.8 Å². The predicted molar refractivity (Wildman–Crippen MR) is 207 cm³/mol. The van der Waals surface area contributed by atoms with Gasteiger partial charge in [-0.2, -0.15) is 0 Å². The Morgan fingerprint density at radius 2 is 1.43 bits per heavy atom. The van der Waals surface area contributed by atoms with Gasteiger partial charge in [-0.1, -0.05) is 102 Å². The highest BCUT2D eigenvalue weighted by atomic mass is 19.1. The minimum Gasteiger partial charge on any atom is -0.488 e. The van der Waals surface area contributed by atoms with Crippen LogP contribution >= 0.6 is 0 Å². The Morgan fingerprint density at radius 3 is 2.09 bits per heavy atom. The first kappa shape index (κ1) is 36.6. The van der Waals surface area contributed by atoms with E-state index in [9.17, 15) is 9.18 Å². The summed E-state index contributed by atoms with van der Waals surface area (Å²) in [5.41, 5.74) is 7.08. The molecule has 0 atom stereocenters. The van der Waals surface area contributed by atoms with Crippen molar-refractivity contribution in [3.63, 3.8) is 0 Å². The maximum absolute atomic E-state index is 14.2. The van der Waals surface area contributed by atoms with Gasteiger partial charge in [0.05, 0.1) is 24.3 Å². The van der Waals surface area contributed by atoms with Crippen molar-refractivity contribution in [3.05, 3.63) is 161 Å². The standard InChI is InChI=1S/C45H44FN3O5/c1-2-47-45(50)43-42(36-19-17-33(18-20-36)29-49-22-24-51-25-23-49)44(54-48-43)39-27-37(21-16-32-14-9-15-38(46)26-32)40(52-30-34-10-5-3-6-11-34)28-41(39)53-31-35-12-7-4-8-13-35/h3-15,17-20,26-28H,2,16,21-25,29-31H2,1H3,(H,47,50). The molecule has 2 heterocycles. The summed E-state index contributed by atoms with van der Waals surface area (Å²) in [5, 5.41) is 7.25. The van der Waals surface area contributed by atoms with Crippen LogP contribution in [0.25, 0.3) is 22.5 Å². The summed E-state index contributed by atoms with van der Waals surface area (Å²) in [7, 11) is 0. The minimum atomic E-state index is -0.333. The number of nitrogens with zero attached hydrogens (tertiary/aromatic N) is 2. The number of hydrogen-bond acceptors (Lipinski definition) is 7. The Hall–Kier alpha value is -5.77. The van der Waals surface area contributed by atoms with Crippen molar-refractivity contribution in [2.75, 3.05) is 32.8 Å². The number of amides is 1. The Balaban J connectivity index is 1.32. The van der Waals surface area contributed by atoms with Crippen molar-refractivity contribution < 1.29 is 27.9 Å². The molecule has 0 aliphatic carbocycles. The molecule has 276 valence electrons. The quantitative estimate of drug-likeness (QED) is 0.113. The molecule has 9 heteroatoms. The van der Waals surface area contributed by atoms with E-state index in [0.29, 0.717) is 54.4 Å². The molecule has 0 bridgehead atoms. The first-order chi connectivity index (χ1) is 26.5. The second-order valence-electron chi connectivity index (χ2n) is 13.3. The number of morpholine rings is 1. The van der Waals surface area contributed by atoms with E-state index in [4.69, 9.17) is 18.7 Å². The Kier molecular flexibility index (Phi) is 12.1. The monoisotopic (exact) mass is 725 g/mol. The second-order valence-corrected chi connectivity index (χ2v) is 13.3. The van der Waals surface area contributed by atoms with Crippen molar-refractivity contribution in [1.29, 1.82) is 0 Å². The molecule has 1 aromatic heterocycles. The predicted octanol–water partition coefficient (Wildman–Crippen LogP) is 8.67. The maximum Gasteiger partial charge on any atom is 0.274 e. The fraction of sp³-hybridized carbons (Fsp3) is 0.244. The molecular formula is C45H44FN3O5. The van der Waals surface area contributed by atoms with Crippen LogP contribution in [0.4, 0.5) is 4.39 Å². The molecule has 1 aliphatic heterocycles. The van der Waals surface area contributed by atoms with Gasteiger partial charge in [-0.25, -0.2) is 4.39 Å². The molecule has 1 aliphatic rings. The van der Waals surface area contributed by atoms with Gasteiger partial charge in [-0.3, -0.25) is 9.69 Å². The normalized spacial score (nSPS) is 13.1. The SMILES string of the molecule is CCNC(=O)c1noc(-c2cc(CCc3cccc(F)c3)c(OCc3ccccc3)cc2OCc2ccccc2)c1-c1ccc(CN2CCOCC2)cc1. The van der Waals surface area contributed by atoms with E-state index in [1.165, 1.54) is 6.07 Å². The largest absolute Gasteiger partial charge is 0.488 e. The smallest absolute Gasteiger partial charge is 0.274 e. The number of hydrogen-bond donors (Lipinski definition) is 1. The molecule has 1 amide bonds. The molecule has 0 spiro atoms. The van der Waals surface area contributed by atoms with Gasteiger partial charge in [0.2, 0.25) is 0 Å². The zero-order chi connectivity index (χ0) is 37.1. The molecule has 8 nitrogen and oxygen atoms in total. The number of nitrogens with one attached hydrogen (secondary N) is 1.